The van der Waals surface area contributed by atoms with E-state index < -0.39 is 0 Å². The molecule has 0 bridgehead atoms. The first-order valence-corrected chi connectivity index (χ1v) is 4.58. The van der Waals surface area contributed by atoms with E-state index in [4.69, 9.17) is 9.52 Å². The molecule has 0 aliphatic carbocycles. The summed E-state index contributed by atoms with van der Waals surface area (Å²) < 4.78 is 5.07. The number of nitrogens with one attached hydrogen (secondary N) is 1. The van der Waals surface area contributed by atoms with Crippen molar-refractivity contribution in [3.8, 4) is 0 Å². The van der Waals surface area contributed by atoms with Gasteiger partial charge in [-0.15, -0.1) is 0 Å². The van der Waals surface area contributed by atoms with Crippen molar-refractivity contribution < 1.29 is 9.52 Å². The van der Waals surface area contributed by atoms with Gasteiger partial charge >= 0.3 is 0 Å². The van der Waals surface area contributed by atoms with Crippen LogP contribution in [0.2, 0.25) is 0 Å². The van der Waals surface area contributed by atoms with E-state index in [-0.39, 0.29) is 6.61 Å². The molecule has 0 aliphatic heterocycles. The van der Waals surface area contributed by atoms with Crippen LogP contribution in [0.3, 0.4) is 0 Å². The zero-order chi connectivity index (χ0) is 9.52. The Morgan fingerprint density at radius 3 is 3.08 bits per heavy atom. The minimum atomic E-state index is 0.224. The molecule has 2 N–H and O–H groups in total. The molecule has 1 aromatic heterocycles. The molecule has 13 heavy (non-hydrogen) atoms. The summed E-state index contributed by atoms with van der Waals surface area (Å²) in [6.45, 7) is 2.99. The van der Waals surface area contributed by atoms with Crippen LogP contribution in [-0.4, -0.2) is 22.7 Å². The second kappa shape index (κ2) is 5.72. The lowest BCUT2D eigenvalue weighted by molar-refractivity contribution is 0.260. The van der Waals surface area contributed by atoms with Gasteiger partial charge in [-0.3, -0.25) is 0 Å². The molecule has 1 atom stereocenters. The van der Waals surface area contributed by atoms with Gasteiger partial charge < -0.3 is 14.8 Å². The molecule has 0 aliphatic rings. The van der Waals surface area contributed by atoms with Crippen molar-refractivity contribution in [2.75, 3.05) is 6.61 Å². The first kappa shape index (κ1) is 10.2. The van der Waals surface area contributed by atoms with Crippen LogP contribution in [0, 0.1) is 0 Å². The van der Waals surface area contributed by atoms with Gasteiger partial charge in [0.15, 0.2) is 6.39 Å². The number of aliphatic hydroxyl groups excluding tert-OH is 1. The predicted molar refractivity (Wildman–Crippen MR) is 49.1 cm³/mol. The zero-order valence-corrected chi connectivity index (χ0v) is 7.86. The van der Waals surface area contributed by atoms with Gasteiger partial charge in [0.2, 0.25) is 0 Å². The standard InChI is InChI=1S/C9H16N2O2/c1-2-8(3-4-12)11-6-9-5-10-7-13-9/h5,7-8,11-12H,2-4,6H2,1H3. The maximum Gasteiger partial charge on any atom is 0.180 e. The quantitative estimate of drug-likeness (QED) is 0.690. The van der Waals surface area contributed by atoms with Crippen molar-refractivity contribution in [2.24, 2.45) is 0 Å². The molecule has 1 heterocycles. The number of oxazole rings is 1. The summed E-state index contributed by atoms with van der Waals surface area (Å²) in [7, 11) is 0. The van der Waals surface area contributed by atoms with Gasteiger partial charge in [0.05, 0.1) is 12.7 Å². The first-order valence-electron chi connectivity index (χ1n) is 4.58. The Labute approximate surface area is 78.0 Å². The van der Waals surface area contributed by atoms with Crippen LogP contribution in [0.1, 0.15) is 25.5 Å². The van der Waals surface area contributed by atoms with Crippen LogP contribution in [0.4, 0.5) is 0 Å². The highest BCUT2D eigenvalue weighted by molar-refractivity contribution is 4.87. The molecule has 4 heteroatoms. The lowest BCUT2D eigenvalue weighted by Crippen LogP contribution is -2.28. The molecule has 0 saturated heterocycles. The lowest BCUT2D eigenvalue weighted by Gasteiger charge is -2.13. The predicted octanol–water partition coefficient (Wildman–Crippen LogP) is 0.925. The number of aromatic nitrogens is 1. The Bertz CT molecular complexity index is 211. The summed E-state index contributed by atoms with van der Waals surface area (Å²) >= 11 is 0. The van der Waals surface area contributed by atoms with Gasteiger partial charge in [0, 0.05) is 12.6 Å². The highest BCUT2D eigenvalue weighted by atomic mass is 16.3. The van der Waals surface area contributed by atoms with Crippen LogP contribution in [0.25, 0.3) is 0 Å². The molecule has 0 amide bonds. The Kier molecular flexibility index (Phi) is 4.49. The molecule has 0 radical (unpaired) electrons. The Balaban J connectivity index is 2.23. The van der Waals surface area contributed by atoms with Gasteiger partial charge in [-0.2, -0.15) is 0 Å². The van der Waals surface area contributed by atoms with Crippen molar-refractivity contribution in [1.82, 2.24) is 10.3 Å². The molecule has 0 saturated carbocycles. The van der Waals surface area contributed by atoms with Crippen molar-refractivity contribution in [2.45, 2.75) is 32.4 Å². The summed E-state index contributed by atoms with van der Waals surface area (Å²) in [6, 6.07) is 0.357. The van der Waals surface area contributed by atoms with E-state index in [0.717, 1.165) is 18.6 Å². The van der Waals surface area contributed by atoms with E-state index in [1.165, 1.54) is 6.39 Å². The fraction of sp³-hybridized carbons (Fsp3) is 0.667. The summed E-state index contributed by atoms with van der Waals surface area (Å²) in [5.41, 5.74) is 0. The Hall–Kier alpha value is -0.870. The third-order valence-corrected chi connectivity index (χ3v) is 2.02. The molecule has 0 spiro atoms. The second-order valence-electron chi connectivity index (χ2n) is 2.97. The zero-order valence-electron chi connectivity index (χ0n) is 7.86. The SMILES string of the molecule is CCC(CCO)NCc1cnco1. The maximum atomic E-state index is 8.75. The molecular weight excluding hydrogens is 168 g/mol. The lowest BCUT2D eigenvalue weighted by atomic mass is 10.1. The van der Waals surface area contributed by atoms with Crippen LogP contribution >= 0.6 is 0 Å². The van der Waals surface area contributed by atoms with E-state index in [9.17, 15) is 0 Å². The summed E-state index contributed by atoms with van der Waals surface area (Å²) in [5.74, 6) is 0.830. The van der Waals surface area contributed by atoms with E-state index >= 15 is 0 Å². The summed E-state index contributed by atoms with van der Waals surface area (Å²) in [5, 5.41) is 12.0. The van der Waals surface area contributed by atoms with Crippen LogP contribution in [-0.2, 0) is 6.54 Å². The second-order valence-corrected chi connectivity index (χ2v) is 2.97. The fourth-order valence-electron chi connectivity index (χ4n) is 1.18. The van der Waals surface area contributed by atoms with Gasteiger partial charge in [-0.25, -0.2) is 4.98 Å². The molecule has 1 aromatic rings. The van der Waals surface area contributed by atoms with E-state index in [1.807, 2.05) is 0 Å². The van der Waals surface area contributed by atoms with Crippen LogP contribution in [0.15, 0.2) is 17.0 Å². The maximum absolute atomic E-state index is 8.75. The molecule has 74 valence electrons. The van der Waals surface area contributed by atoms with Crippen molar-refractivity contribution in [3.63, 3.8) is 0 Å². The fourth-order valence-corrected chi connectivity index (χ4v) is 1.18. The molecular formula is C9H16N2O2. The first-order chi connectivity index (χ1) is 6.36. The smallest absolute Gasteiger partial charge is 0.180 e. The van der Waals surface area contributed by atoms with Gasteiger partial charge in [-0.05, 0) is 12.8 Å². The van der Waals surface area contributed by atoms with Gasteiger partial charge in [-0.1, -0.05) is 6.92 Å². The number of hydrogen-bond acceptors (Lipinski definition) is 4. The van der Waals surface area contributed by atoms with Crippen LogP contribution in [0.5, 0.6) is 0 Å². The third-order valence-electron chi connectivity index (χ3n) is 2.02. The van der Waals surface area contributed by atoms with E-state index in [2.05, 4.69) is 17.2 Å². The Morgan fingerprint density at radius 2 is 2.54 bits per heavy atom. The number of hydrogen-bond donors (Lipinski definition) is 2. The number of rotatable bonds is 6. The highest BCUT2D eigenvalue weighted by Crippen LogP contribution is 2.00. The monoisotopic (exact) mass is 184 g/mol. The normalized spacial score (nSPS) is 13.1. The average Bonchev–Trinajstić information content (AvgIpc) is 2.64. The number of aliphatic hydroxyl groups is 1. The molecule has 1 rings (SSSR count). The molecule has 0 aromatic carbocycles. The van der Waals surface area contributed by atoms with Crippen molar-refractivity contribution in [1.29, 1.82) is 0 Å². The van der Waals surface area contributed by atoms with E-state index in [0.29, 0.717) is 12.6 Å². The third kappa shape index (κ3) is 3.57. The van der Waals surface area contributed by atoms with Gasteiger partial charge in [0.25, 0.3) is 0 Å². The molecule has 4 nitrogen and oxygen atoms in total. The minimum Gasteiger partial charge on any atom is -0.447 e. The number of nitrogens with zero attached hydrogens (tertiary/aromatic N) is 1. The summed E-state index contributed by atoms with van der Waals surface area (Å²) in [4.78, 5) is 3.82. The largest absolute Gasteiger partial charge is 0.447 e. The molecule has 0 fully saturated rings. The van der Waals surface area contributed by atoms with E-state index in [1.54, 1.807) is 6.20 Å². The Morgan fingerprint density at radius 1 is 1.69 bits per heavy atom. The molecule has 1 unspecified atom stereocenters. The topological polar surface area (TPSA) is 58.3 Å². The van der Waals surface area contributed by atoms with Crippen molar-refractivity contribution in [3.05, 3.63) is 18.4 Å². The summed E-state index contributed by atoms with van der Waals surface area (Å²) in [6.07, 6.45) is 4.90. The minimum absolute atomic E-state index is 0.224. The van der Waals surface area contributed by atoms with Gasteiger partial charge in [0.1, 0.15) is 5.76 Å². The van der Waals surface area contributed by atoms with Crippen LogP contribution < -0.4 is 5.32 Å². The van der Waals surface area contributed by atoms with Crippen molar-refractivity contribution >= 4 is 0 Å². The average molecular weight is 184 g/mol. The highest BCUT2D eigenvalue weighted by Gasteiger charge is 2.05.